The average molecular weight is 226 g/mol. The Labute approximate surface area is 92.9 Å². The summed E-state index contributed by atoms with van der Waals surface area (Å²) in [4.78, 5) is 35.9. The molecule has 16 heavy (non-hydrogen) atoms. The van der Waals surface area contributed by atoms with Crippen LogP contribution in [0.2, 0.25) is 0 Å². The number of ether oxygens (including phenoxy) is 1. The first kappa shape index (κ1) is 10.9. The maximum atomic E-state index is 11.8. The van der Waals surface area contributed by atoms with E-state index >= 15 is 0 Å². The van der Waals surface area contributed by atoms with Crippen LogP contribution in [-0.2, 0) is 14.3 Å². The maximum absolute atomic E-state index is 11.8. The summed E-state index contributed by atoms with van der Waals surface area (Å²) >= 11 is 0. The highest BCUT2D eigenvalue weighted by atomic mass is 16.5. The molecule has 6 nitrogen and oxygen atoms in total. The van der Waals surface area contributed by atoms with Gasteiger partial charge in [-0.1, -0.05) is 12.8 Å². The first-order chi connectivity index (χ1) is 7.60. The second kappa shape index (κ2) is 3.77. The molecule has 88 valence electrons. The smallest absolute Gasteiger partial charge is 0.325 e. The Hall–Kier alpha value is -1.59. The number of nitrogens with zero attached hydrogens (tertiary/aromatic N) is 1. The first-order valence-electron chi connectivity index (χ1n) is 5.30. The summed E-state index contributed by atoms with van der Waals surface area (Å²) in [6.45, 7) is -0.159. The normalized spacial score (nSPS) is 22.7. The van der Waals surface area contributed by atoms with Crippen LogP contribution in [-0.4, -0.2) is 42.0 Å². The summed E-state index contributed by atoms with van der Waals surface area (Å²) in [7, 11) is 1.26. The number of carbonyl (C=O) groups is 3. The monoisotopic (exact) mass is 226 g/mol. The molecule has 1 aliphatic heterocycles. The molecule has 2 aliphatic rings. The third-order valence-corrected chi connectivity index (χ3v) is 3.35. The fourth-order valence-electron chi connectivity index (χ4n) is 2.47. The number of methoxy groups -OCH3 is 1. The Balaban J connectivity index is 2.22. The van der Waals surface area contributed by atoms with Crippen molar-refractivity contribution in [3.63, 3.8) is 0 Å². The van der Waals surface area contributed by atoms with Gasteiger partial charge in [-0.2, -0.15) is 0 Å². The van der Waals surface area contributed by atoms with Crippen molar-refractivity contribution in [2.24, 2.45) is 0 Å². The van der Waals surface area contributed by atoms with E-state index in [2.05, 4.69) is 10.1 Å². The summed E-state index contributed by atoms with van der Waals surface area (Å²) in [6, 6.07) is -0.489. The van der Waals surface area contributed by atoms with E-state index in [0.29, 0.717) is 12.8 Å². The number of amides is 3. The molecule has 3 amide bonds. The van der Waals surface area contributed by atoms with Crippen LogP contribution in [0.5, 0.6) is 0 Å². The molecule has 0 aromatic heterocycles. The minimum atomic E-state index is -0.800. The average Bonchev–Trinajstić information content (AvgIpc) is 2.82. The highest BCUT2D eigenvalue weighted by Crippen LogP contribution is 2.38. The van der Waals surface area contributed by atoms with Crippen LogP contribution in [0.3, 0.4) is 0 Å². The summed E-state index contributed by atoms with van der Waals surface area (Å²) in [5, 5.41) is 2.27. The Kier molecular flexibility index (Phi) is 2.57. The lowest BCUT2D eigenvalue weighted by Gasteiger charge is -2.30. The molecule has 1 N–H and O–H groups in total. The van der Waals surface area contributed by atoms with Crippen molar-refractivity contribution in [1.82, 2.24) is 10.2 Å². The van der Waals surface area contributed by atoms with Gasteiger partial charge in [-0.3, -0.25) is 19.8 Å². The van der Waals surface area contributed by atoms with Gasteiger partial charge in [0.05, 0.1) is 7.11 Å². The van der Waals surface area contributed by atoms with Crippen molar-refractivity contribution in [3.8, 4) is 0 Å². The van der Waals surface area contributed by atoms with Crippen LogP contribution in [0.25, 0.3) is 0 Å². The van der Waals surface area contributed by atoms with Gasteiger partial charge in [-0.25, -0.2) is 4.79 Å². The van der Waals surface area contributed by atoms with Crippen LogP contribution < -0.4 is 5.32 Å². The van der Waals surface area contributed by atoms with Crippen molar-refractivity contribution in [3.05, 3.63) is 0 Å². The second-order valence-corrected chi connectivity index (χ2v) is 4.16. The van der Waals surface area contributed by atoms with E-state index in [1.165, 1.54) is 12.0 Å². The van der Waals surface area contributed by atoms with E-state index < -0.39 is 17.5 Å². The summed E-state index contributed by atoms with van der Waals surface area (Å²) in [6.07, 6.45) is 3.06. The number of imide groups is 1. The number of nitrogens with one attached hydrogen (secondary N) is 1. The van der Waals surface area contributed by atoms with Gasteiger partial charge in [-0.05, 0) is 12.8 Å². The van der Waals surface area contributed by atoms with Gasteiger partial charge in [0, 0.05) is 0 Å². The van der Waals surface area contributed by atoms with Gasteiger partial charge in [0.1, 0.15) is 12.1 Å². The van der Waals surface area contributed by atoms with Gasteiger partial charge >= 0.3 is 12.0 Å². The highest BCUT2D eigenvalue weighted by molar-refractivity contribution is 6.08. The Morgan fingerprint density at radius 3 is 2.62 bits per heavy atom. The van der Waals surface area contributed by atoms with Crippen LogP contribution in [0.1, 0.15) is 25.7 Å². The van der Waals surface area contributed by atoms with E-state index in [9.17, 15) is 14.4 Å². The van der Waals surface area contributed by atoms with E-state index in [4.69, 9.17) is 0 Å². The minimum Gasteiger partial charge on any atom is -0.468 e. The van der Waals surface area contributed by atoms with Gasteiger partial charge in [0.25, 0.3) is 5.91 Å². The highest BCUT2D eigenvalue weighted by Gasteiger charge is 2.54. The molecule has 0 radical (unpaired) electrons. The van der Waals surface area contributed by atoms with E-state index in [0.717, 1.165) is 12.8 Å². The minimum absolute atomic E-state index is 0.159. The second-order valence-electron chi connectivity index (χ2n) is 4.16. The van der Waals surface area contributed by atoms with Crippen LogP contribution in [0.15, 0.2) is 0 Å². The molecule has 0 unspecified atom stereocenters. The van der Waals surface area contributed by atoms with E-state index in [1.54, 1.807) is 0 Å². The number of hydrogen-bond donors (Lipinski definition) is 1. The summed E-state index contributed by atoms with van der Waals surface area (Å²) in [5.41, 5.74) is -0.800. The number of esters is 1. The third kappa shape index (κ3) is 1.45. The molecule has 0 aromatic rings. The molecule has 6 heteroatoms. The molecule has 1 spiro atoms. The lowest BCUT2D eigenvalue weighted by atomic mass is 9.96. The number of urea groups is 1. The predicted molar refractivity (Wildman–Crippen MR) is 53.5 cm³/mol. The number of rotatable bonds is 2. The fourth-order valence-corrected chi connectivity index (χ4v) is 2.47. The first-order valence-corrected chi connectivity index (χ1v) is 5.30. The standard InChI is InChI=1S/C10H14N2O4/c1-16-7(13)6-12-9(15)11-8(14)10(12)4-2-3-5-10/h2-6H2,1H3,(H,11,14,15). The molecule has 0 atom stereocenters. The Morgan fingerprint density at radius 1 is 1.44 bits per heavy atom. The third-order valence-electron chi connectivity index (χ3n) is 3.35. The largest absolute Gasteiger partial charge is 0.468 e. The zero-order chi connectivity index (χ0) is 11.8. The van der Waals surface area contributed by atoms with E-state index in [1.807, 2.05) is 0 Å². The molecule has 1 saturated heterocycles. The molecule has 1 heterocycles. The van der Waals surface area contributed by atoms with Crippen molar-refractivity contribution < 1.29 is 19.1 Å². The molecule has 2 fully saturated rings. The van der Waals surface area contributed by atoms with Crippen LogP contribution in [0.4, 0.5) is 4.79 Å². The predicted octanol–water partition coefficient (Wildman–Crippen LogP) is 0.0240. The van der Waals surface area contributed by atoms with Crippen molar-refractivity contribution in [2.75, 3.05) is 13.7 Å². The molecule has 0 aromatic carbocycles. The Bertz CT molecular complexity index is 347. The molecule has 2 rings (SSSR count). The van der Waals surface area contributed by atoms with Gasteiger partial charge in [0.2, 0.25) is 0 Å². The quantitative estimate of drug-likeness (QED) is 0.532. The van der Waals surface area contributed by atoms with Crippen LogP contribution in [0, 0.1) is 0 Å². The molecule has 0 bridgehead atoms. The molecular weight excluding hydrogens is 212 g/mol. The lowest BCUT2D eigenvalue weighted by Crippen LogP contribution is -2.49. The van der Waals surface area contributed by atoms with Crippen molar-refractivity contribution in [2.45, 2.75) is 31.2 Å². The van der Waals surface area contributed by atoms with Crippen LogP contribution >= 0.6 is 0 Å². The van der Waals surface area contributed by atoms with Crippen molar-refractivity contribution in [1.29, 1.82) is 0 Å². The fraction of sp³-hybridized carbons (Fsp3) is 0.700. The maximum Gasteiger partial charge on any atom is 0.325 e. The van der Waals surface area contributed by atoms with Gasteiger partial charge in [-0.15, -0.1) is 0 Å². The van der Waals surface area contributed by atoms with E-state index in [-0.39, 0.29) is 12.5 Å². The topological polar surface area (TPSA) is 75.7 Å². The summed E-state index contributed by atoms with van der Waals surface area (Å²) in [5.74, 6) is -0.782. The SMILES string of the molecule is COC(=O)CN1C(=O)NC(=O)C12CCCC2. The Morgan fingerprint density at radius 2 is 2.06 bits per heavy atom. The van der Waals surface area contributed by atoms with Gasteiger partial charge in [0.15, 0.2) is 0 Å². The number of carbonyl (C=O) groups excluding carboxylic acids is 3. The molecule has 1 aliphatic carbocycles. The van der Waals surface area contributed by atoms with Gasteiger partial charge < -0.3 is 4.74 Å². The molecule has 1 saturated carbocycles. The number of hydrogen-bond acceptors (Lipinski definition) is 4. The molecular formula is C10H14N2O4. The summed E-state index contributed by atoms with van der Waals surface area (Å²) < 4.78 is 4.53. The van der Waals surface area contributed by atoms with Crippen molar-refractivity contribution >= 4 is 17.9 Å². The zero-order valence-corrected chi connectivity index (χ0v) is 9.12. The zero-order valence-electron chi connectivity index (χ0n) is 9.12. The lowest BCUT2D eigenvalue weighted by molar-refractivity contribution is -0.142.